The van der Waals surface area contributed by atoms with Crippen LogP contribution in [0.2, 0.25) is 0 Å². The number of carbonyl (C=O) groups is 1. The number of piperazine rings is 1. The molecular weight excluding hydrogens is 537 g/mol. The zero-order chi connectivity index (χ0) is 28.4. The number of aromatic nitrogens is 3. The van der Waals surface area contributed by atoms with E-state index in [9.17, 15) is 18.0 Å². The van der Waals surface area contributed by atoms with Gasteiger partial charge in [-0.2, -0.15) is 18.3 Å². The highest BCUT2D eigenvalue weighted by molar-refractivity contribution is 7.82. The van der Waals surface area contributed by atoms with Gasteiger partial charge in [0.25, 0.3) is 5.91 Å². The molecule has 7 nitrogen and oxygen atoms in total. The molecule has 40 heavy (non-hydrogen) atoms. The number of rotatable bonds is 4. The second-order valence-corrected chi connectivity index (χ2v) is 10.2. The summed E-state index contributed by atoms with van der Waals surface area (Å²) in [5, 5.41) is 4.24. The largest absolute Gasteiger partial charge is 0.416 e. The summed E-state index contributed by atoms with van der Waals surface area (Å²) < 4.78 is 44.7. The second-order valence-electron chi connectivity index (χ2n) is 9.75. The van der Waals surface area contributed by atoms with E-state index in [1.165, 1.54) is 12.1 Å². The summed E-state index contributed by atoms with van der Waals surface area (Å²) in [4.78, 5) is 21.7. The number of aryl methyl sites for hydroxylation is 1. The van der Waals surface area contributed by atoms with Crippen LogP contribution < -0.4 is 4.31 Å². The number of halogens is 3. The quantitative estimate of drug-likeness (QED) is 0.288. The van der Waals surface area contributed by atoms with Gasteiger partial charge in [-0.15, -0.1) is 0 Å². The number of nitrogens with zero attached hydrogens (tertiary/aromatic N) is 6. The lowest BCUT2D eigenvalue weighted by Crippen LogP contribution is -2.44. The first-order valence-electron chi connectivity index (χ1n) is 12.7. The number of benzene rings is 2. The molecule has 0 bridgehead atoms. The van der Waals surface area contributed by atoms with Crippen molar-refractivity contribution in [2.45, 2.75) is 19.6 Å². The zero-order valence-electron chi connectivity index (χ0n) is 22.0. The van der Waals surface area contributed by atoms with E-state index in [1.807, 2.05) is 24.9 Å². The Morgan fingerprint density at radius 3 is 2.60 bits per heavy atom. The predicted molar refractivity (Wildman–Crippen MR) is 150 cm³/mol. The van der Waals surface area contributed by atoms with Crippen LogP contribution in [0.4, 0.5) is 18.9 Å². The number of thiol groups is 1. The molecule has 0 atom stereocenters. The fraction of sp³-hybridized carbons (Fsp3) is 0.276. The van der Waals surface area contributed by atoms with Crippen molar-refractivity contribution in [1.29, 1.82) is 0 Å². The first-order chi connectivity index (χ1) is 19.1. The topological polar surface area (TPSA) is 57.0 Å². The monoisotopic (exact) mass is 564 g/mol. The third-order valence-electron chi connectivity index (χ3n) is 6.91. The van der Waals surface area contributed by atoms with Crippen LogP contribution in [0.15, 0.2) is 60.9 Å². The number of anilines is 1. The highest BCUT2D eigenvalue weighted by Crippen LogP contribution is 2.36. The van der Waals surface area contributed by atoms with Crippen molar-refractivity contribution in [3.63, 3.8) is 0 Å². The molecular formula is C29H27F3N6OS. The van der Waals surface area contributed by atoms with Crippen molar-refractivity contribution in [1.82, 2.24) is 24.4 Å². The van der Waals surface area contributed by atoms with Gasteiger partial charge >= 0.3 is 6.18 Å². The van der Waals surface area contributed by atoms with Crippen LogP contribution in [-0.2, 0) is 12.7 Å². The van der Waals surface area contributed by atoms with Gasteiger partial charge in [-0.05, 0) is 67.4 Å². The van der Waals surface area contributed by atoms with Crippen LogP contribution in [0.1, 0.15) is 38.3 Å². The fourth-order valence-electron chi connectivity index (χ4n) is 4.52. The van der Waals surface area contributed by atoms with Gasteiger partial charge in [-0.25, -0.2) is 9.50 Å². The van der Waals surface area contributed by atoms with Gasteiger partial charge in [-0.1, -0.05) is 30.9 Å². The molecule has 0 saturated carbocycles. The summed E-state index contributed by atoms with van der Waals surface area (Å²) >= 11 is 4.29. The highest BCUT2D eigenvalue weighted by atomic mass is 32.1. The summed E-state index contributed by atoms with van der Waals surface area (Å²) in [6.45, 7) is 5.04. The number of hydrogen-bond donors (Lipinski definition) is 1. The Hall–Kier alpha value is -3.85. The van der Waals surface area contributed by atoms with Crippen molar-refractivity contribution >= 4 is 30.1 Å². The Labute approximate surface area is 235 Å². The molecule has 1 fully saturated rings. The molecule has 5 rings (SSSR count). The average Bonchev–Trinajstić information content (AvgIpc) is 3.36. The van der Waals surface area contributed by atoms with Crippen LogP contribution in [0.3, 0.4) is 0 Å². The highest BCUT2D eigenvalue weighted by Gasteiger charge is 2.35. The Kier molecular flexibility index (Phi) is 7.85. The van der Waals surface area contributed by atoms with Gasteiger partial charge < -0.3 is 4.90 Å². The van der Waals surface area contributed by atoms with Gasteiger partial charge in [-0.3, -0.25) is 14.0 Å². The van der Waals surface area contributed by atoms with Crippen LogP contribution >= 0.6 is 12.8 Å². The van der Waals surface area contributed by atoms with Crippen molar-refractivity contribution in [3.05, 3.63) is 94.4 Å². The standard InChI is InChI=1S/C29H27F3N6OS/c1-20-5-6-22(16-21(20)7-10-25-18-33-27-4-3-11-34-37(25)27)28(39)38(40)24-9-8-23(26(17-24)29(30,31)32)19-36-14-12-35(2)13-15-36/h3-6,8-9,11,16-18,40H,12-15,19H2,1-2H3. The summed E-state index contributed by atoms with van der Waals surface area (Å²) in [5.74, 6) is 5.52. The first kappa shape index (κ1) is 27.7. The van der Waals surface area contributed by atoms with Crippen molar-refractivity contribution < 1.29 is 18.0 Å². The Morgan fingerprint density at radius 1 is 1.07 bits per heavy atom. The van der Waals surface area contributed by atoms with Crippen molar-refractivity contribution in [3.8, 4) is 11.8 Å². The van der Waals surface area contributed by atoms with E-state index in [1.54, 1.807) is 41.2 Å². The number of hydrogen-bond acceptors (Lipinski definition) is 6. The lowest BCUT2D eigenvalue weighted by Gasteiger charge is -2.33. The molecule has 3 heterocycles. The zero-order valence-corrected chi connectivity index (χ0v) is 22.9. The molecule has 2 aromatic heterocycles. The van der Waals surface area contributed by atoms with E-state index < -0.39 is 17.6 Å². The molecule has 0 unspecified atom stereocenters. The minimum absolute atomic E-state index is 0.0350. The minimum Gasteiger partial charge on any atom is -0.304 e. The molecule has 0 N–H and O–H groups in total. The van der Waals surface area contributed by atoms with E-state index in [4.69, 9.17) is 0 Å². The number of carbonyl (C=O) groups excluding carboxylic acids is 1. The fourth-order valence-corrected chi connectivity index (χ4v) is 4.76. The lowest BCUT2D eigenvalue weighted by molar-refractivity contribution is -0.138. The van der Waals surface area contributed by atoms with E-state index in [0.29, 0.717) is 30.0 Å². The van der Waals surface area contributed by atoms with Crippen LogP contribution in [0.5, 0.6) is 0 Å². The molecule has 1 aliphatic rings. The molecule has 1 saturated heterocycles. The van der Waals surface area contributed by atoms with E-state index in [2.05, 4.69) is 39.6 Å². The molecule has 1 amide bonds. The maximum absolute atomic E-state index is 14.0. The third kappa shape index (κ3) is 5.99. The van der Waals surface area contributed by atoms with Gasteiger partial charge in [0.15, 0.2) is 5.65 Å². The van der Waals surface area contributed by atoms with E-state index in [-0.39, 0.29) is 23.4 Å². The summed E-state index contributed by atoms with van der Waals surface area (Å²) in [5.41, 5.74) is 2.35. The van der Waals surface area contributed by atoms with Gasteiger partial charge in [0.1, 0.15) is 5.69 Å². The summed E-state index contributed by atoms with van der Waals surface area (Å²) in [6.07, 6.45) is -1.33. The molecule has 11 heteroatoms. The molecule has 0 radical (unpaired) electrons. The smallest absolute Gasteiger partial charge is 0.304 e. The number of amides is 1. The lowest BCUT2D eigenvalue weighted by atomic mass is 10.0. The van der Waals surface area contributed by atoms with Gasteiger partial charge in [0.2, 0.25) is 0 Å². The first-order valence-corrected chi connectivity index (χ1v) is 13.1. The van der Waals surface area contributed by atoms with Crippen molar-refractivity contribution in [2.24, 2.45) is 0 Å². The Bertz CT molecular complexity index is 1620. The number of fused-ring (bicyclic) bond motifs is 1. The number of imidazole rings is 1. The number of likely N-dealkylation sites (N-methyl/N-ethyl adjacent to an activating group) is 1. The molecule has 0 spiro atoms. The van der Waals surface area contributed by atoms with Crippen molar-refractivity contribution in [2.75, 3.05) is 37.5 Å². The van der Waals surface area contributed by atoms with E-state index >= 15 is 0 Å². The molecule has 206 valence electrons. The third-order valence-corrected chi connectivity index (χ3v) is 7.33. The Morgan fingerprint density at radius 2 is 1.85 bits per heavy atom. The summed E-state index contributed by atoms with van der Waals surface area (Å²) in [6, 6.07) is 12.5. The maximum atomic E-state index is 14.0. The molecule has 4 aromatic rings. The van der Waals surface area contributed by atoms with Crippen LogP contribution in [0.25, 0.3) is 5.65 Å². The predicted octanol–water partition coefficient (Wildman–Crippen LogP) is 4.70. The molecule has 2 aromatic carbocycles. The van der Waals surface area contributed by atoms with Crippen LogP contribution in [-0.4, -0.2) is 63.5 Å². The second kappa shape index (κ2) is 11.3. The van der Waals surface area contributed by atoms with Crippen LogP contribution in [0, 0.1) is 18.8 Å². The van der Waals surface area contributed by atoms with E-state index in [0.717, 1.165) is 29.0 Å². The summed E-state index contributed by atoms with van der Waals surface area (Å²) in [7, 11) is 1.99. The van der Waals surface area contributed by atoms with Gasteiger partial charge in [0, 0.05) is 50.0 Å². The maximum Gasteiger partial charge on any atom is 0.416 e. The minimum atomic E-state index is -4.57. The SMILES string of the molecule is Cc1ccc(C(=O)N(S)c2ccc(CN3CCN(C)CC3)c(C(F)(F)F)c2)cc1C#Cc1cnc2cccnn12. The average molecular weight is 565 g/mol. The van der Waals surface area contributed by atoms with Gasteiger partial charge in [0.05, 0.1) is 17.4 Å². The molecule has 0 aliphatic carbocycles. The normalized spacial score (nSPS) is 14.7. The molecule has 1 aliphatic heterocycles. The Balaban J connectivity index is 1.39. The number of alkyl halides is 3.